The number of carbonyl (C=O) groups is 2. The topological polar surface area (TPSA) is 137 Å². The van der Waals surface area contributed by atoms with Crippen molar-refractivity contribution in [3.05, 3.63) is 64.2 Å². The Morgan fingerprint density at radius 1 is 1.11 bits per heavy atom. The molecule has 28 heavy (non-hydrogen) atoms. The van der Waals surface area contributed by atoms with E-state index in [1.165, 1.54) is 9.36 Å². The number of benzene rings is 1. The van der Waals surface area contributed by atoms with Crippen molar-refractivity contribution in [1.82, 2.24) is 19.6 Å². The van der Waals surface area contributed by atoms with Crippen LogP contribution in [-0.2, 0) is 13.6 Å². The van der Waals surface area contributed by atoms with Crippen LogP contribution >= 0.6 is 0 Å². The highest BCUT2D eigenvalue weighted by Gasteiger charge is 2.26. The molecule has 0 bridgehead atoms. The minimum absolute atomic E-state index is 0.125. The summed E-state index contributed by atoms with van der Waals surface area (Å²) in [4.78, 5) is 35.0. The van der Waals surface area contributed by atoms with Crippen LogP contribution in [0.3, 0.4) is 0 Å². The van der Waals surface area contributed by atoms with E-state index in [-0.39, 0.29) is 23.0 Å². The molecular weight excluding hydrogens is 366 g/mol. The summed E-state index contributed by atoms with van der Waals surface area (Å²) >= 11 is 0. The zero-order valence-corrected chi connectivity index (χ0v) is 15.1. The number of anilines is 2. The summed E-state index contributed by atoms with van der Waals surface area (Å²) in [7, 11) is 1.71. The molecule has 3 aromatic rings. The molecule has 11 heteroatoms. The van der Waals surface area contributed by atoms with Gasteiger partial charge in [-0.1, -0.05) is 0 Å². The van der Waals surface area contributed by atoms with Crippen LogP contribution in [0.25, 0.3) is 0 Å². The van der Waals surface area contributed by atoms with Crippen molar-refractivity contribution >= 4 is 28.9 Å². The molecule has 0 fully saturated rings. The van der Waals surface area contributed by atoms with Crippen LogP contribution in [-0.4, -0.2) is 36.3 Å². The fourth-order valence-corrected chi connectivity index (χ4v) is 2.54. The Hall–Kier alpha value is -4.02. The highest BCUT2D eigenvalue weighted by atomic mass is 16.6. The first-order valence-corrected chi connectivity index (χ1v) is 8.31. The van der Waals surface area contributed by atoms with Gasteiger partial charge in [-0.25, -0.2) is 0 Å². The molecule has 0 radical (unpaired) electrons. The number of aryl methyl sites for hydroxylation is 2. The first-order valence-electron chi connectivity index (χ1n) is 8.31. The third-order valence-electron chi connectivity index (χ3n) is 3.88. The summed E-state index contributed by atoms with van der Waals surface area (Å²) in [5.41, 5.74) is 0.718. The van der Waals surface area contributed by atoms with Gasteiger partial charge in [0, 0.05) is 31.2 Å². The Kier molecular flexibility index (Phi) is 5.16. The van der Waals surface area contributed by atoms with Crippen LogP contribution in [0.5, 0.6) is 0 Å². The van der Waals surface area contributed by atoms with Crippen LogP contribution in [0.15, 0.2) is 42.7 Å². The van der Waals surface area contributed by atoms with E-state index in [0.717, 1.165) is 6.20 Å². The summed E-state index contributed by atoms with van der Waals surface area (Å²) in [6.45, 7) is 2.04. The van der Waals surface area contributed by atoms with Gasteiger partial charge in [0.2, 0.25) is 5.69 Å². The van der Waals surface area contributed by atoms with E-state index >= 15 is 0 Å². The molecule has 2 N–H and O–H groups in total. The van der Waals surface area contributed by atoms with Gasteiger partial charge in [-0.2, -0.15) is 10.2 Å². The molecule has 11 nitrogen and oxygen atoms in total. The van der Waals surface area contributed by atoms with Gasteiger partial charge in [-0.05, 0) is 37.3 Å². The van der Waals surface area contributed by atoms with Crippen molar-refractivity contribution in [2.24, 2.45) is 7.05 Å². The largest absolute Gasteiger partial charge is 0.321 e. The number of hydrogen-bond acceptors (Lipinski definition) is 6. The number of carbonyl (C=O) groups excluding carboxylic acids is 2. The SMILES string of the molecule is CCn1ncc([N+](=O)[O-])c1C(=O)Nc1ccc(NC(=O)c2ccn(C)n2)cc1. The average molecular weight is 383 g/mol. The van der Waals surface area contributed by atoms with E-state index in [4.69, 9.17) is 0 Å². The normalized spacial score (nSPS) is 10.5. The standard InChI is InChI=1S/C17H17N7O4/c1-3-23-15(14(10-18-23)24(27)28)17(26)20-12-6-4-11(5-7-12)19-16(25)13-8-9-22(2)21-13/h4-10H,3H2,1-2H3,(H,19,25)(H,20,26). The fourth-order valence-electron chi connectivity index (χ4n) is 2.54. The number of nitrogens with one attached hydrogen (secondary N) is 2. The summed E-state index contributed by atoms with van der Waals surface area (Å²) < 4.78 is 2.78. The number of hydrogen-bond donors (Lipinski definition) is 2. The average Bonchev–Trinajstić information content (AvgIpc) is 3.29. The van der Waals surface area contributed by atoms with E-state index in [1.807, 2.05) is 0 Å². The number of rotatable bonds is 6. The quantitative estimate of drug-likeness (QED) is 0.494. The Morgan fingerprint density at radius 2 is 1.71 bits per heavy atom. The van der Waals surface area contributed by atoms with Crippen molar-refractivity contribution in [3.63, 3.8) is 0 Å². The van der Waals surface area contributed by atoms with E-state index in [0.29, 0.717) is 17.9 Å². The lowest BCUT2D eigenvalue weighted by molar-refractivity contribution is -0.385. The molecule has 0 aliphatic rings. The van der Waals surface area contributed by atoms with E-state index in [2.05, 4.69) is 20.8 Å². The first-order chi connectivity index (χ1) is 13.4. The lowest BCUT2D eigenvalue weighted by Crippen LogP contribution is -2.19. The zero-order chi connectivity index (χ0) is 20.3. The number of aromatic nitrogens is 4. The van der Waals surface area contributed by atoms with Crippen molar-refractivity contribution in [3.8, 4) is 0 Å². The van der Waals surface area contributed by atoms with Gasteiger partial charge in [-0.15, -0.1) is 0 Å². The Labute approximate surface area is 159 Å². The number of nitro groups is 1. The van der Waals surface area contributed by atoms with Crippen molar-refractivity contribution in [1.29, 1.82) is 0 Å². The third kappa shape index (κ3) is 3.87. The van der Waals surface area contributed by atoms with Gasteiger partial charge in [0.1, 0.15) is 6.20 Å². The Morgan fingerprint density at radius 3 is 2.21 bits per heavy atom. The maximum Gasteiger partial charge on any atom is 0.320 e. The third-order valence-corrected chi connectivity index (χ3v) is 3.88. The monoisotopic (exact) mass is 383 g/mol. The minimum Gasteiger partial charge on any atom is -0.321 e. The second-order valence-electron chi connectivity index (χ2n) is 5.81. The lowest BCUT2D eigenvalue weighted by atomic mass is 10.2. The molecule has 2 amide bonds. The van der Waals surface area contributed by atoms with Gasteiger partial charge >= 0.3 is 5.69 Å². The molecule has 0 saturated carbocycles. The highest BCUT2D eigenvalue weighted by molar-refractivity contribution is 6.06. The summed E-state index contributed by atoms with van der Waals surface area (Å²) in [6.07, 6.45) is 2.71. The van der Waals surface area contributed by atoms with Crippen LogP contribution in [0.1, 0.15) is 27.9 Å². The van der Waals surface area contributed by atoms with Crippen LogP contribution in [0.4, 0.5) is 17.1 Å². The first kappa shape index (κ1) is 18.8. The summed E-state index contributed by atoms with van der Waals surface area (Å²) in [6, 6.07) is 7.94. The van der Waals surface area contributed by atoms with Gasteiger partial charge in [0.05, 0.1) is 4.92 Å². The van der Waals surface area contributed by atoms with E-state index in [1.54, 1.807) is 50.5 Å². The second-order valence-corrected chi connectivity index (χ2v) is 5.81. The molecule has 0 aliphatic carbocycles. The van der Waals surface area contributed by atoms with Crippen molar-refractivity contribution in [2.45, 2.75) is 13.5 Å². The van der Waals surface area contributed by atoms with Gasteiger partial charge in [0.25, 0.3) is 11.8 Å². The van der Waals surface area contributed by atoms with Crippen LogP contribution in [0.2, 0.25) is 0 Å². The van der Waals surface area contributed by atoms with Gasteiger partial charge in [-0.3, -0.25) is 29.1 Å². The Balaban J connectivity index is 1.71. The lowest BCUT2D eigenvalue weighted by Gasteiger charge is -2.08. The molecule has 2 aromatic heterocycles. The smallest absolute Gasteiger partial charge is 0.320 e. The van der Waals surface area contributed by atoms with Crippen LogP contribution < -0.4 is 10.6 Å². The predicted molar refractivity (Wildman–Crippen MR) is 100 cm³/mol. The molecule has 2 heterocycles. The molecule has 0 aliphatic heterocycles. The number of amides is 2. The fraction of sp³-hybridized carbons (Fsp3) is 0.176. The second kappa shape index (κ2) is 7.70. The Bertz CT molecular complexity index is 1040. The molecule has 3 rings (SSSR count). The molecule has 0 saturated heterocycles. The minimum atomic E-state index is -0.648. The molecule has 1 aromatic carbocycles. The van der Waals surface area contributed by atoms with Gasteiger partial charge < -0.3 is 10.6 Å². The summed E-state index contributed by atoms with van der Waals surface area (Å²) in [5, 5.41) is 24.3. The number of nitrogens with zero attached hydrogens (tertiary/aromatic N) is 5. The van der Waals surface area contributed by atoms with E-state index < -0.39 is 10.8 Å². The van der Waals surface area contributed by atoms with Crippen molar-refractivity contribution in [2.75, 3.05) is 10.6 Å². The maximum absolute atomic E-state index is 12.5. The molecule has 144 valence electrons. The molecule has 0 atom stereocenters. The molecular formula is C17H17N7O4. The van der Waals surface area contributed by atoms with E-state index in [9.17, 15) is 19.7 Å². The van der Waals surface area contributed by atoms with Gasteiger partial charge in [0.15, 0.2) is 5.69 Å². The highest BCUT2D eigenvalue weighted by Crippen LogP contribution is 2.20. The van der Waals surface area contributed by atoms with Crippen molar-refractivity contribution < 1.29 is 14.5 Å². The maximum atomic E-state index is 12.5. The molecule has 0 spiro atoms. The zero-order valence-electron chi connectivity index (χ0n) is 15.1. The molecule has 0 unspecified atom stereocenters. The summed E-state index contributed by atoms with van der Waals surface area (Å²) in [5.74, 6) is -1.00. The predicted octanol–water partition coefficient (Wildman–Crippen LogP) is 2.05. The van der Waals surface area contributed by atoms with Crippen LogP contribution in [0, 0.1) is 10.1 Å².